The molecular weight excluding hydrogens is 281 g/mol. The number of aromatic hydroxyl groups is 1. The van der Waals surface area contributed by atoms with Gasteiger partial charge in [-0.25, -0.2) is 0 Å². The molecule has 3 N–H and O–H groups in total. The van der Waals surface area contributed by atoms with Crippen molar-refractivity contribution in [2.75, 3.05) is 7.11 Å². The largest absolute Gasteiger partial charge is 0.508 e. The number of aliphatic hydroxyl groups is 2. The van der Waals surface area contributed by atoms with E-state index < -0.39 is 47.7 Å². The van der Waals surface area contributed by atoms with Crippen LogP contribution in [0.4, 0.5) is 13.2 Å². The number of carbonyl (C=O) groups is 1. The van der Waals surface area contributed by atoms with Crippen LogP contribution >= 0.6 is 0 Å². The lowest BCUT2D eigenvalue weighted by Gasteiger charge is -2.21. The molecule has 1 aromatic carbocycles. The molecule has 0 aliphatic heterocycles. The van der Waals surface area contributed by atoms with Gasteiger partial charge in [0.25, 0.3) is 0 Å². The maximum Gasteiger partial charge on any atom is 0.416 e. The van der Waals surface area contributed by atoms with Crippen molar-refractivity contribution in [3.05, 3.63) is 29.3 Å². The monoisotopic (exact) mass is 294 g/mol. The smallest absolute Gasteiger partial charge is 0.416 e. The van der Waals surface area contributed by atoms with Gasteiger partial charge in [-0.2, -0.15) is 13.2 Å². The summed E-state index contributed by atoms with van der Waals surface area (Å²) in [5.41, 5.74) is -1.92. The molecule has 0 aliphatic rings. The van der Waals surface area contributed by atoms with Gasteiger partial charge in [-0.05, 0) is 17.7 Å². The molecule has 1 aromatic rings. The highest BCUT2D eigenvalue weighted by Gasteiger charge is 2.37. The summed E-state index contributed by atoms with van der Waals surface area (Å²) in [5.74, 6) is -1.50. The first-order chi connectivity index (χ1) is 9.16. The number of alkyl halides is 3. The lowest BCUT2D eigenvalue weighted by atomic mass is 9.96. The van der Waals surface area contributed by atoms with Gasteiger partial charge < -0.3 is 20.1 Å². The standard InChI is InChI=1S/C12H13F3O5/c1-20-10(18)5-9(17)11(19)7-3-2-6(16)4-8(7)12(13,14)15/h2-4,9,11,16-17,19H,5H2,1H3. The number of carbonyl (C=O) groups excluding carboxylic acids is 1. The van der Waals surface area contributed by atoms with E-state index in [1.807, 2.05) is 0 Å². The van der Waals surface area contributed by atoms with Crippen LogP contribution in [0.5, 0.6) is 5.75 Å². The van der Waals surface area contributed by atoms with Crippen molar-refractivity contribution < 1.29 is 38.0 Å². The molecule has 2 atom stereocenters. The van der Waals surface area contributed by atoms with Crippen LogP contribution in [0.15, 0.2) is 18.2 Å². The Morgan fingerprint density at radius 2 is 1.95 bits per heavy atom. The van der Waals surface area contributed by atoms with Crippen LogP contribution in [0.25, 0.3) is 0 Å². The Labute approximate surface area is 112 Å². The van der Waals surface area contributed by atoms with Gasteiger partial charge in [0.15, 0.2) is 0 Å². The van der Waals surface area contributed by atoms with Crippen molar-refractivity contribution in [1.82, 2.24) is 0 Å². The maximum atomic E-state index is 12.8. The number of phenolic OH excluding ortho intramolecular Hbond substituents is 1. The van der Waals surface area contributed by atoms with Gasteiger partial charge in [-0.1, -0.05) is 6.07 Å². The van der Waals surface area contributed by atoms with Crippen LogP contribution < -0.4 is 0 Å². The Bertz CT molecular complexity index is 486. The molecule has 2 unspecified atom stereocenters. The van der Waals surface area contributed by atoms with E-state index in [0.717, 1.165) is 19.2 Å². The van der Waals surface area contributed by atoms with Crippen molar-refractivity contribution in [3.63, 3.8) is 0 Å². The minimum Gasteiger partial charge on any atom is -0.508 e. The van der Waals surface area contributed by atoms with Gasteiger partial charge in [-0.15, -0.1) is 0 Å². The second kappa shape index (κ2) is 6.10. The molecule has 5 nitrogen and oxygen atoms in total. The van der Waals surface area contributed by atoms with E-state index in [0.29, 0.717) is 6.07 Å². The fourth-order valence-corrected chi connectivity index (χ4v) is 1.62. The van der Waals surface area contributed by atoms with E-state index in [-0.39, 0.29) is 0 Å². The van der Waals surface area contributed by atoms with Crippen LogP contribution in [-0.2, 0) is 15.7 Å². The normalized spacial score (nSPS) is 14.7. The number of phenols is 1. The van der Waals surface area contributed by atoms with Crippen molar-refractivity contribution in [2.24, 2.45) is 0 Å². The second-order valence-electron chi connectivity index (χ2n) is 4.06. The zero-order valence-corrected chi connectivity index (χ0v) is 10.4. The molecule has 0 aromatic heterocycles. The number of methoxy groups -OCH3 is 1. The Kier molecular flexibility index (Phi) is 4.96. The predicted octanol–water partition coefficient (Wildman–Crippen LogP) is 1.37. The topological polar surface area (TPSA) is 87.0 Å². The average Bonchev–Trinajstić information content (AvgIpc) is 2.36. The molecular formula is C12H13F3O5. The van der Waals surface area contributed by atoms with Crippen molar-refractivity contribution in [3.8, 4) is 5.75 Å². The summed E-state index contributed by atoms with van der Waals surface area (Å²) in [6.45, 7) is 0. The number of esters is 1. The Balaban J connectivity index is 3.09. The summed E-state index contributed by atoms with van der Waals surface area (Å²) in [5, 5.41) is 28.4. The molecule has 1 rings (SSSR count). The van der Waals surface area contributed by atoms with Crippen molar-refractivity contribution in [1.29, 1.82) is 0 Å². The van der Waals surface area contributed by atoms with Crippen molar-refractivity contribution >= 4 is 5.97 Å². The summed E-state index contributed by atoms with van der Waals surface area (Å²) in [4.78, 5) is 10.9. The van der Waals surface area contributed by atoms with Crippen LogP contribution in [0.2, 0.25) is 0 Å². The van der Waals surface area contributed by atoms with E-state index in [1.54, 1.807) is 0 Å². The van der Waals surface area contributed by atoms with Crippen LogP contribution in [0, 0.1) is 0 Å². The third-order valence-corrected chi connectivity index (χ3v) is 2.63. The lowest BCUT2D eigenvalue weighted by molar-refractivity contribution is -0.145. The van der Waals surface area contributed by atoms with Crippen LogP contribution in [0.1, 0.15) is 23.7 Å². The summed E-state index contributed by atoms with van der Waals surface area (Å²) >= 11 is 0. The average molecular weight is 294 g/mol. The number of hydrogen-bond donors (Lipinski definition) is 3. The number of benzene rings is 1. The van der Waals surface area contributed by atoms with Gasteiger partial charge in [0.2, 0.25) is 0 Å². The first kappa shape index (κ1) is 16.3. The van der Waals surface area contributed by atoms with Gasteiger partial charge in [-0.3, -0.25) is 4.79 Å². The number of ether oxygens (including phenoxy) is 1. The molecule has 20 heavy (non-hydrogen) atoms. The summed E-state index contributed by atoms with van der Waals surface area (Å²) in [7, 11) is 1.04. The Hall–Kier alpha value is -1.80. The van der Waals surface area contributed by atoms with E-state index in [4.69, 9.17) is 5.11 Å². The number of aliphatic hydroxyl groups excluding tert-OH is 2. The molecule has 0 aliphatic carbocycles. The highest BCUT2D eigenvalue weighted by molar-refractivity contribution is 5.69. The SMILES string of the molecule is COC(=O)CC(O)C(O)c1ccc(O)cc1C(F)(F)F. The summed E-state index contributed by atoms with van der Waals surface area (Å²) < 4.78 is 42.6. The highest BCUT2D eigenvalue weighted by Crippen LogP contribution is 2.37. The first-order valence-electron chi connectivity index (χ1n) is 5.50. The minimum atomic E-state index is -4.82. The molecule has 8 heteroatoms. The number of halogens is 3. The molecule has 0 amide bonds. The van der Waals surface area contributed by atoms with Crippen LogP contribution in [-0.4, -0.2) is 34.5 Å². The Morgan fingerprint density at radius 1 is 1.35 bits per heavy atom. The number of hydrogen-bond acceptors (Lipinski definition) is 5. The molecule has 0 fully saturated rings. The first-order valence-corrected chi connectivity index (χ1v) is 5.50. The third kappa shape index (κ3) is 3.84. The molecule has 0 radical (unpaired) electrons. The maximum absolute atomic E-state index is 12.8. The van der Waals surface area contributed by atoms with E-state index in [1.165, 1.54) is 0 Å². The zero-order chi connectivity index (χ0) is 15.5. The highest BCUT2D eigenvalue weighted by atomic mass is 19.4. The third-order valence-electron chi connectivity index (χ3n) is 2.63. The predicted molar refractivity (Wildman–Crippen MR) is 60.7 cm³/mol. The van der Waals surface area contributed by atoms with Gasteiger partial charge in [0, 0.05) is 0 Å². The van der Waals surface area contributed by atoms with Crippen LogP contribution in [0.3, 0.4) is 0 Å². The van der Waals surface area contributed by atoms with Gasteiger partial charge in [0.1, 0.15) is 11.9 Å². The van der Waals surface area contributed by atoms with E-state index >= 15 is 0 Å². The van der Waals surface area contributed by atoms with Gasteiger partial charge >= 0.3 is 12.1 Å². The van der Waals surface area contributed by atoms with Gasteiger partial charge in [0.05, 0.1) is 25.2 Å². The molecule has 0 saturated carbocycles. The number of rotatable bonds is 4. The molecule has 0 bridgehead atoms. The lowest BCUT2D eigenvalue weighted by Crippen LogP contribution is -2.25. The fraction of sp³-hybridized carbons (Fsp3) is 0.417. The minimum absolute atomic E-state index is 0.434. The molecule has 0 spiro atoms. The molecule has 112 valence electrons. The molecule has 0 saturated heterocycles. The quantitative estimate of drug-likeness (QED) is 0.730. The van der Waals surface area contributed by atoms with Crippen molar-refractivity contribution in [2.45, 2.75) is 24.8 Å². The fourth-order valence-electron chi connectivity index (χ4n) is 1.62. The second-order valence-corrected chi connectivity index (χ2v) is 4.06. The molecule has 0 heterocycles. The van der Waals surface area contributed by atoms with E-state index in [9.17, 15) is 28.2 Å². The summed E-state index contributed by atoms with van der Waals surface area (Å²) in [6.07, 6.45) is -9.17. The zero-order valence-electron chi connectivity index (χ0n) is 10.4. The van der Waals surface area contributed by atoms with E-state index in [2.05, 4.69) is 4.74 Å². The summed E-state index contributed by atoms with van der Waals surface area (Å²) in [6, 6.07) is 2.21. The Morgan fingerprint density at radius 3 is 2.45 bits per heavy atom.